The van der Waals surface area contributed by atoms with Crippen molar-refractivity contribution in [2.75, 3.05) is 0 Å². The van der Waals surface area contributed by atoms with E-state index in [1.54, 1.807) is 0 Å². The lowest BCUT2D eigenvalue weighted by Gasteiger charge is -2.30. The summed E-state index contributed by atoms with van der Waals surface area (Å²) in [6, 6.07) is 71.0. The van der Waals surface area contributed by atoms with Crippen LogP contribution in [0, 0.1) is 6.92 Å². The number of aliphatic imine (C=N–C) groups is 1. The number of nitrogens with zero attached hydrogens (tertiary/aromatic N) is 1. The summed E-state index contributed by atoms with van der Waals surface area (Å²) in [5, 5.41) is 3.67. The summed E-state index contributed by atoms with van der Waals surface area (Å²) in [6.45, 7) is 2.14. The fourth-order valence-electron chi connectivity index (χ4n) is 9.56. The Morgan fingerprint density at radius 2 is 0.982 bits per heavy atom. The van der Waals surface area contributed by atoms with E-state index in [0.717, 1.165) is 22.7 Å². The fraction of sp³-hybridized carbons (Fsp3) is 0.0556. The molecule has 0 bridgehead atoms. The lowest BCUT2D eigenvalue weighted by atomic mass is 9.70. The summed E-state index contributed by atoms with van der Waals surface area (Å²) >= 11 is 0. The molecule has 0 fully saturated rings. The summed E-state index contributed by atoms with van der Waals surface area (Å²) in [7, 11) is 0. The Kier molecular flexibility index (Phi) is 7.40. The standard InChI is InChI=1S/C54H38N2/c1-35-14-11-19-41(32-35)51-34-50(37-15-3-2-4-16-37)55-53(56-51)38-30-28-36(29-31-38)39-17-12-18-40(33-39)42-23-13-27-49-52(42)45-22-7-10-26-48(45)54(49)46-24-8-5-20-43(46)44-21-6-9-25-47(44)54/h2-34,51H,1H3,(H,55,56). The van der Waals surface area contributed by atoms with Crippen molar-refractivity contribution in [3.8, 4) is 44.5 Å². The maximum absolute atomic E-state index is 5.23. The van der Waals surface area contributed by atoms with Crippen molar-refractivity contribution in [1.29, 1.82) is 0 Å². The van der Waals surface area contributed by atoms with E-state index in [-0.39, 0.29) is 11.5 Å². The van der Waals surface area contributed by atoms with Gasteiger partial charge in [-0.1, -0.05) is 194 Å². The molecule has 1 aliphatic heterocycles. The van der Waals surface area contributed by atoms with Gasteiger partial charge in [-0.05, 0) is 97.0 Å². The van der Waals surface area contributed by atoms with Gasteiger partial charge in [-0.3, -0.25) is 4.99 Å². The van der Waals surface area contributed by atoms with Crippen LogP contribution in [-0.4, -0.2) is 5.84 Å². The van der Waals surface area contributed by atoms with Crippen LogP contribution in [0.2, 0.25) is 0 Å². The van der Waals surface area contributed by atoms with E-state index in [0.29, 0.717) is 0 Å². The summed E-state index contributed by atoms with van der Waals surface area (Å²) < 4.78 is 0. The molecule has 2 aliphatic carbocycles. The largest absolute Gasteiger partial charge is 0.340 e. The molecule has 0 amide bonds. The van der Waals surface area contributed by atoms with Crippen molar-refractivity contribution in [3.63, 3.8) is 0 Å². The van der Waals surface area contributed by atoms with Crippen LogP contribution >= 0.6 is 0 Å². The molecule has 1 unspecified atom stereocenters. The molecule has 8 aromatic rings. The first-order chi connectivity index (χ1) is 27.7. The molecule has 1 spiro atoms. The highest BCUT2D eigenvalue weighted by Crippen LogP contribution is 2.63. The Morgan fingerprint density at radius 1 is 0.429 bits per heavy atom. The molecule has 1 heterocycles. The normalized spacial score (nSPS) is 15.6. The minimum absolute atomic E-state index is 0.0826. The van der Waals surface area contributed by atoms with Crippen molar-refractivity contribution >= 4 is 11.5 Å². The van der Waals surface area contributed by atoms with Gasteiger partial charge in [-0.2, -0.15) is 0 Å². The van der Waals surface area contributed by atoms with E-state index >= 15 is 0 Å². The van der Waals surface area contributed by atoms with E-state index in [1.807, 2.05) is 0 Å². The van der Waals surface area contributed by atoms with Gasteiger partial charge in [0.2, 0.25) is 0 Å². The van der Waals surface area contributed by atoms with Crippen LogP contribution in [0.15, 0.2) is 205 Å². The summed E-state index contributed by atoms with van der Waals surface area (Å²) in [5.41, 5.74) is 20.9. The van der Waals surface area contributed by atoms with Gasteiger partial charge in [-0.15, -0.1) is 0 Å². The smallest absolute Gasteiger partial charge is 0.133 e. The molecule has 3 aliphatic rings. The second-order valence-electron chi connectivity index (χ2n) is 15.2. The van der Waals surface area contributed by atoms with Crippen LogP contribution < -0.4 is 5.32 Å². The van der Waals surface area contributed by atoms with Crippen LogP contribution in [0.3, 0.4) is 0 Å². The third-order valence-corrected chi connectivity index (χ3v) is 12.0. The van der Waals surface area contributed by atoms with Crippen molar-refractivity contribution in [3.05, 3.63) is 245 Å². The molecule has 264 valence electrons. The van der Waals surface area contributed by atoms with Gasteiger partial charge in [0.25, 0.3) is 0 Å². The van der Waals surface area contributed by atoms with E-state index < -0.39 is 0 Å². The zero-order valence-corrected chi connectivity index (χ0v) is 31.1. The maximum Gasteiger partial charge on any atom is 0.133 e. The number of hydrogen-bond donors (Lipinski definition) is 1. The number of benzene rings is 8. The first-order valence-electron chi connectivity index (χ1n) is 19.5. The highest BCUT2D eigenvalue weighted by atomic mass is 15.0. The second kappa shape index (κ2) is 12.8. The number of amidine groups is 1. The van der Waals surface area contributed by atoms with Crippen molar-refractivity contribution < 1.29 is 0 Å². The average molecular weight is 715 g/mol. The Morgan fingerprint density at radius 3 is 1.71 bits per heavy atom. The minimum Gasteiger partial charge on any atom is -0.340 e. The van der Waals surface area contributed by atoms with Gasteiger partial charge < -0.3 is 5.32 Å². The van der Waals surface area contributed by atoms with Gasteiger partial charge in [0.05, 0.1) is 11.5 Å². The van der Waals surface area contributed by atoms with E-state index in [1.165, 1.54) is 77.9 Å². The van der Waals surface area contributed by atoms with Gasteiger partial charge in [0.1, 0.15) is 5.84 Å². The molecule has 2 nitrogen and oxygen atoms in total. The third kappa shape index (κ3) is 4.92. The van der Waals surface area contributed by atoms with Crippen molar-refractivity contribution in [2.45, 2.75) is 18.4 Å². The zero-order valence-electron chi connectivity index (χ0n) is 31.1. The van der Waals surface area contributed by atoms with Crippen LogP contribution in [0.1, 0.15) is 50.5 Å². The average Bonchev–Trinajstić information content (AvgIpc) is 3.74. The van der Waals surface area contributed by atoms with E-state index in [9.17, 15) is 0 Å². The maximum atomic E-state index is 5.23. The summed E-state index contributed by atoms with van der Waals surface area (Å²) in [6.07, 6.45) is 2.23. The van der Waals surface area contributed by atoms with E-state index in [4.69, 9.17) is 4.99 Å². The van der Waals surface area contributed by atoms with Gasteiger partial charge in [0, 0.05) is 11.3 Å². The fourth-order valence-corrected chi connectivity index (χ4v) is 9.56. The first kappa shape index (κ1) is 32.4. The number of rotatable bonds is 5. The Bertz CT molecular complexity index is 2850. The molecule has 56 heavy (non-hydrogen) atoms. The number of aryl methyl sites for hydroxylation is 1. The Hall–Kier alpha value is -7.03. The first-order valence-corrected chi connectivity index (χ1v) is 19.5. The minimum atomic E-state index is -0.355. The Balaban J connectivity index is 0.982. The summed E-state index contributed by atoms with van der Waals surface area (Å²) in [5.74, 6) is 0.876. The molecule has 0 saturated carbocycles. The molecular weight excluding hydrogens is 677 g/mol. The molecule has 2 heteroatoms. The number of hydrogen-bond acceptors (Lipinski definition) is 2. The summed E-state index contributed by atoms with van der Waals surface area (Å²) in [4.78, 5) is 5.23. The molecular formula is C54H38N2. The molecule has 1 atom stereocenters. The van der Waals surface area contributed by atoms with Crippen LogP contribution in [0.25, 0.3) is 50.2 Å². The Labute approximate surface area is 328 Å². The molecule has 11 rings (SSSR count). The molecule has 0 saturated heterocycles. The lowest BCUT2D eigenvalue weighted by molar-refractivity contribution is 0.794. The van der Waals surface area contributed by atoms with Gasteiger partial charge in [0.15, 0.2) is 0 Å². The van der Waals surface area contributed by atoms with Gasteiger partial charge >= 0.3 is 0 Å². The highest BCUT2D eigenvalue weighted by molar-refractivity contribution is 6.05. The molecule has 1 N–H and O–H groups in total. The highest BCUT2D eigenvalue weighted by Gasteiger charge is 2.51. The predicted molar refractivity (Wildman–Crippen MR) is 232 cm³/mol. The third-order valence-electron chi connectivity index (χ3n) is 12.0. The molecule has 8 aromatic carbocycles. The molecule has 0 radical (unpaired) electrons. The topological polar surface area (TPSA) is 24.4 Å². The van der Waals surface area contributed by atoms with E-state index in [2.05, 4.69) is 212 Å². The second-order valence-corrected chi connectivity index (χ2v) is 15.2. The quantitative estimate of drug-likeness (QED) is 0.189. The van der Waals surface area contributed by atoms with Crippen molar-refractivity contribution in [2.24, 2.45) is 4.99 Å². The van der Waals surface area contributed by atoms with Crippen LogP contribution in [0.5, 0.6) is 0 Å². The lowest BCUT2D eigenvalue weighted by Crippen LogP contribution is -2.27. The SMILES string of the molecule is Cc1cccc(C2C=C(c3ccccc3)NC(c3ccc(-c4cccc(-c5cccc6c5-c5ccccc5C65c6ccccc6-c6ccccc65)c4)cc3)=N2)c1. The number of fused-ring (bicyclic) bond motifs is 10. The molecule has 0 aromatic heterocycles. The predicted octanol–water partition coefficient (Wildman–Crippen LogP) is 12.8. The monoisotopic (exact) mass is 714 g/mol. The van der Waals surface area contributed by atoms with Gasteiger partial charge in [-0.25, -0.2) is 0 Å². The number of nitrogens with one attached hydrogen (secondary N) is 1. The van der Waals surface area contributed by atoms with Crippen molar-refractivity contribution in [1.82, 2.24) is 5.32 Å². The zero-order chi connectivity index (χ0) is 37.2. The van der Waals surface area contributed by atoms with Crippen LogP contribution in [0.4, 0.5) is 0 Å². The van der Waals surface area contributed by atoms with Crippen LogP contribution in [-0.2, 0) is 5.41 Å².